The lowest BCUT2D eigenvalue weighted by Gasteiger charge is -2.26. The third kappa shape index (κ3) is 18.4. The Balaban J connectivity index is 0.000000269. The predicted octanol–water partition coefficient (Wildman–Crippen LogP) is 21.3. The van der Waals surface area contributed by atoms with Crippen LogP contribution in [0, 0.1) is 0 Å². The summed E-state index contributed by atoms with van der Waals surface area (Å²) in [6, 6.07) is 45.3. The minimum Gasteiger partial charge on any atom is -0.222 e. The van der Waals surface area contributed by atoms with Gasteiger partial charge in [0.25, 0.3) is 0 Å². The van der Waals surface area contributed by atoms with Crippen molar-refractivity contribution in [1.82, 2.24) is 0 Å². The molecule has 0 aromatic heterocycles. The molecule has 0 aliphatic rings. The molecule has 0 N–H and O–H groups in total. The lowest BCUT2D eigenvalue weighted by Crippen LogP contribution is -2.18. The molecule has 76 heavy (non-hydrogen) atoms. The summed E-state index contributed by atoms with van der Waals surface area (Å²) < 4.78 is 49.6. The lowest BCUT2D eigenvalue weighted by atomic mass is 9.80. The molecule has 410 valence electrons. The second-order valence-electron chi connectivity index (χ2n) is 28.4. The highest BCUT2D eigenvalue weighted by atomic mass is 31.1. The van der Waals surface area contributed by atoms with Crippen LogP contribution in [-0.2, 0) is 52.5 Å². The minimum absolute atomic E-state index is 0.0215. The first-order valence-electron chi connectivity index (χ1n) is 26.9. The highest BCUT2D eigenvalue weighted by Gasteiger charge is 2.36. The van der Waals surface area contributed by atoms with Gasteiger partial charge in [0.1, 0.15) is 0 Å². The predicted molar refractivity (Wildman–Crippen MR) is 325 cm³/mol. The van der Waals surface area contributed by atoms with E-state index in [4.69, 9.17) is 18.1 Å². The zero-order chi connectivity index (χ0) is 57.6. The van der Waals surface area contributed by atoms with Crippen LogP contribution in [0.4, 0.5) is 0 Å². The van der Waals surface area contributed by atoms with Gasteiger partial charge in [-0.25, -0.2) is 18.1 Å². The van der Waals surface area contributed by atoms with E-state index in [9.17, 15) is 9.13 Å². The molecule has 8 heteroatoms. The molecule has 0 unspecified atom stereocenters. The van der Waals surface area contributed by atoms with Gasteiger partial charge in [-0.15, -0.1) is 0 Å². The van der Waals surface area contributed by atoms with Crippen molar-refractivity contribution >= 4 is 16.5 Å². The third-order valence-electron chi connectivity index (χ3n) is 13.2. The van der Waals surface area contributed by atoms with Gasteiger partial charge in [-0.3, -0.25) is 0 Å². The fourth-order valence-electron chi connectivity index (χ4n) is 8.27. The number of hydrogen-bond donors (Lipinski definition) is 0. The average molecular weight is 1070 g/mol. The van der Waals surface area contributed by atoms with Crippen molar-refractivity contribution < 1.29 is 27.2 Å². The number of rotatable bonds is 9. The van der Waals surface area contributed by atoms with Gasteiger partial charge in [0.05, 0.1) is 0 Å². The van der Waals surface area contributed by atoms with Crippen molar-refractivity contribution in [2.24, 2.45) is 0 Å². The molecule has 0 fully saturated rings. The molecule has 6 rings (SSSR count). The van der Waals surface area contributed by atoms with Gasteiger partial charge in [0.15, 0.2) is 23.0 Å². The Hall–Kier alpha value is -5.28. The molecule has 0 bridgehead atoms. The molecule has 0 aliphatic heterocycles. The average Bonchev–Trinajstić information content (AvgIpc) is 3.27. The molecular weight excluding hydrogens is 975 g/mol. The normalized spacial score (nSPS) is 12.6. The Morgan fingerprint density at radius 3 is 0.592 bits per heavy atom. The van der Waals surface area contributed by atoms with Gasteiger partial charge in [0.2, 0.25) is 0 Å². The maximum Gasteiger partial charge on any atom is 0.805 e. The van der Waals surface area contributed by atoms with E-state index in [0.29, 0.717) is 23.0 Å². The van der Waals surface area contributed by atoms with E-state index in [1.807, 2.05) is 60.7 Å². The fraction of sp³-hybridized carbons (Fsp3) is 0.471. The number of hydrogen-bond acceptors (Lipinski definition) is 6. The van der Waals surface area contributed by atoms with Gasteiger partial charge < -0.3 is 0 Å². The lowest BCUT2D eigenvalue weighted by molar-refractivity contribution is 0.400. The molecule has 0 spiro atoms. The van der Waals surface area contributed by atoms with E-state index in [-0.39, 0.29) is 43.3 Å². The summed E-state index contributed by atoms with van der Waals surface area (Å²) in [7, 11) is -4.77. The molecule has 6 aromatic rings. The standard InChI is InChI=1S/2C28H42O3P.C12H10/c2*1-25(2,3)19-13-15-23(21(17-19)27(7,8)9)30-32(29)31-24-16-14-20(26(4,5)6)18-22(24)28(10,11)12;1-3-7-11(8-4-1)12-9-5-2-6-10-12/h2*13-18H,1-12H3;1-10H/q2*+1;. The summed E-state index contributed by atoms with van der Waals surface area (Å²) in [5.74, 6) is 2.43. The van der Waals surface area contributed by atoms with Crippen molar-refractivity contribution in [3.63, 3.8) is 0 Å². The van der Waals surface area contributed by atoms with E-state index < -0.39 is 16.5 Å². The van der Waals surface area contributed by atoms with Crippen LogP contribution in [-0.4, -0.2) is 0 Å². The van der Waals surface area contributed by atoms with Crippen LogP contribution < -0.4 is 18.1 Å². The second-order valence-corrected chi connectivity index (χ2v) is 30.0. The fourth-order valence-corrected chi connectivity index (χ4v) is 9.62. The third-order valence-corrected chi connectivity index (χ3v) is 14.6. The molecule has 0 saturated carbocycles. The first-order chi connectivity index (χ1) is 34.6. The Kier molecular flexibility index (Phi) is 20.1. The molecule has 0 amide bonds. The first-order valence-corrected chi connectivity index (χ1v) is 29.1. The highest BCUT2D eigenvalue weighted by Crippen LogP contribution is 2.45. The van der Waals surface area contributed by atoms with Gasteiger partial charge >= 0.3 is 16.5 Å². The zero-order valence-electron chi connectivity index (χ0n) is 51.0. The molecule has 0 radical (unpaired) electrons. The highest BCUT2D eigenvalue weighted by molar-refractivity contribution is 7.34. The van der Waals surface area contributed by atoms with Crippen LogP contribution in [0.3, 0.4) is 0 Å². The van der Waals surface area contributed by atoms with Gasteiger partial charge in [-0.1, -0.05) is 275 Å². The van der Waals surface area contributed by atoms with Crippen molar-refractivity contribution in [2.45, 2.75) is 209 Å². The number of benzene rings is 6. The summed E-state index contributed by atoms with van der Waals surface area (Å²) in [5.41, 5.74) is 11.0. The maximum absolute atomic E-state index is 13.0. The first kappa shape index (κ1) is 63.3. The molecule has 0 aliphatic carbocycles. The van der Waals surface area contributed by atoms with Crippen LogP contribution in [0.5, 0.6) is 23.0 Å². The van der Waals surface area contributed by atoms with Crippen molar-refractivity contribution in [2.75, 3.05) is 0 Å². The zero-order valence-corrected chi connectivity index (χ0v) is 52.8. The van der Waals surface area contributed by atoms with Crippen LogP contribution in [0.2, 0.25) is 0 Å². The van der Waals surface area contributed by atoms with Crippen LogP contribution in [0.1, 0.15) is 211 Å². The van der Waals surface area contributed by atoms with E-state index in [0.717, 1.165) is 22.3 Å². The van der Waals surface area contributed by atoms with E-state index in [1.165, 1.54) is 33.4 Å². The molecule has 6 aromatic carbocycles. The molecular formula is C68H94O6P2+2. The van der Waals surface area contributed by atoms with Crippen molar-refractivity contribution in [1.29, 1.82) is 0 Å². The Morgan fingerprint density at radius 2 is 0.434 bits per heavy atom. The van der Waals surface area contributed by atoms with Crippen LogP contribution in [0.15, 0.2) is 133 Å². The van der Waals surface area contributed by atoms with E-state index in [2.05, 4.69) is 239 Å². The Labute approximate surface area is 463 Å². The Morgan fingerprint density at radius 1 is 0.250 bits per heavy atom. The molecule has 6 nitrogen and oxygen atoms in total. The summed E-state index contributed by atoms with van der Waals surface area (Å²) in [6.45, 7) is 51.9. The smallest absolute Gasteiger partial charge is 0.222 e. The molecule has 0 atom stereocenters. The van der Waals surface area contributed by atoms with E-state index in [1.54, 1.807) is 0 Å². The summed E-state index contributed by atoms with van der Waals surface area (Å²) >= 11 is 0. The maximum atomic E-state index is 13.0. The molecule has 0 heterocycles. The quantitative estimate of drug-likeness (QED) is 0.134. The molecule has 0 saturated heterocycles. The SMILES string of the molecule is CC(C)(C)c1ccc(O[P+](=O)Oc2ccc(C(C)(C)C)cc2C(C)(C)C)c(C(C)(C)C)c1.CC(C)(C)c1ccc(O[P+](=O)Oc2ccc(C(C)(C)C)cc2C(C)(C)C)c(C(C)(C)C)c1.c1ccc(-c2ccccc2)cc1. The van der Waals surface area contributed by atoms with Crippen molar-refractivity contribution in [3.05, 3.63) is 178 Å². The van der Waals surface area contributed by atoms with Gasteiger partial charge in [-0.05, 0) is 101 Å². The summed E-state index contributed by atoms with van der Waals surface area (Å²) in [6.07, 6.45) is 0. The largest absolute Gasteiger partial charge is 0.805 e. The Bertz CT molecular complexity index is 2540. The van der Waals surface area contributed by atoms with E-state index >= 15 is 0 Å². The van der Waals surface area contributed by atoms with Crippen LogP contribution >= 0.6 is 16.5 Å². The second kappa shape index (κ2) is 24.2. The van der Waals surface area contributed by atoms with Gasteiger partial charge in [0, 0.05) is 31.4 Å². The van der Waals surface area contributed by atoms with Crippen LogP contribution in [0.25, 0.3) is 11.1 Å². The summed E-state index contributed by atoms with van der Waals surface area (Å²) in [4.78, 5) is 0. The summed E-state index contributed by atoms with van der Waals surface area (Å²) in [5, 5.41) is 0. The minimum atomic E-state index is -2.39. The van der Waals surface area contributed by atoms with Crippen molar-refractivity contribution in [3.8, 4) is 34.1 Å². The van der Waals surface area contributed by atoms with Gasteiger partial charge in [-0.2, -0.15) is 0 Å². The topological polar surface area (TPSA) is 71.1 Å². The monoisotopic (exact) mass is 1070 g/mol.